The number of amides is 1. The molecule has 4 heterocycles. The van der Waals surface area contributed by atoms with Crippen LogP contribution >= 0.6 is 0 Å². The molecule has 34 heavy (non-hydrogen) atoms. The van der Waals surface area contributed by atoms with Crippen LogP contribution in [0.15, 0.2) is 28.9 Å². The zero-order chi connectivity index (χ0) is 22.6. The summed E-state index contributed by atoms with van der Waals surface area (Å²) in [6, 6.07) is 4.24. The molecule has 0 spiro atoms. The molecule has 6 heteroatoms. The average Bonchev–Trinajstić information content (AvgIpc) is 3.27. The van der Waals surface area contributed by atoms with E-state index >= 15 is 0 Å². The second-order valence-electron chi connectivity index (χ2n) is 10.7. The Morgan fingerprint density at radius 3 is 2.65 bits per heavy atom. The lowest BCUT2D eigenvalue weighted by molar-refractivity contribution is 0.0770. The summed E-state index contributed by atoms with van der Waals surface area (Å²) >= 11 is 0. The van der Waals surface area contributed by atoms with Gasteiger partial charge in [0.15, 0.2) is 11.7 Å². The first-order chi connectivity index (χ1) is 16.7. The molecule has 2 saturated carbocycles. The molecule has 2 fully saturated rings. The maximum absolute atomic E-state index is 13.1. The third-order valence-electron chi connectivity index (χ3n) is 8.09. The SMILES string of the molecule is O=C1c2cc(-c3nc4c(cc3-c3cnc(CC5CCCC5)o3)CCC4)cnc2CN1CC1CC1. The molecule has 3 aliphatic carbocycles. The first kappa shape index (κ1) is 20.4. The minimum atomic E-state index is 0.109. The Balaban J connectivity index is 1.25. The average molecular weight is 455 g/mol. The van der Waals surface area contributed by atoms with E-state index in [-0.39, 0.29) is 5.91 Å². The molecule has 4 aliphatic rings. The third kappa shape index (κ3) is 3.64. The second-order valence-corrected chi connectivity index (χ2v) is 10.7. The Bertz CT molecular complexity index is 1270. The van der Waals surface area contributed by atoms with Gasteiger partial charge in [-0.1, -0.05) is 12.8 Å². The van der Waals surface area contributed by atoms with E-state index in [0.29, 0.717) is 18.4 Å². The summed E-state index contributed by atoms with van der Waals surface area (Å²) in [5.74, 6) is 3.07. The highest BCUT2D eigenvalue weighted by molar-refractivity contribution is 5.99. The fraction of sp³-hybridized carbons (Fsp3) is 0.500. The van der Waals surface area contributed by atoms with Gasteiger partial charge in [0, 0.05) is 36.0 Å². The smallest absolute Gasteiger partial charge is 0.256 e. The number of carbonyl (C=O) groups excluding carboxylic acids is 1. The van der Waals surface area contributed by atoms with Crippen LogP contribution < -0.4 is 0 Å². The molecular formula is C28H30N4O2. The van der Waals surface area contributed by atoms with Crippen molar-refractivity contribution in [2.45, 2.75) is 70.8 Å². The van der Waals surface area contributed by atoms with Crippen molar-refractivity contribution < 1.29 is 9.21 Å². The largest absolute Gasteiger partial charge is 0.441 e. The van der Waals surface area contributed by atoms with Crippen molar-refractivity contribution in [1.82, 2.24) is 19.9 Å². The number of rotatable bonds is 6. The zero-order valence-electron chi connectivity index (χ0n) is 19.6. The number of oxazole rings is 1. The zero-order valence-corrected chi connectivity index (χ0v) is 19.6. The van der Waals surface area contributed by atoms with Crippen LogP contribution in [0.25, 0.3) is 22.6 Å². The summed E-state index contributed by atoms with van der Waals surface area (Å²) in [6.07, 6.45) is 15.5. The highest BCUT2D eigenvalue weighted by Gasteiger charge is 2.34. The van der Waals surface area contributed by atoms with Crippen LogP contribution in [-0.4, -0.2) is 32.3 Å². The Morgan fingerprint density at radius 1 is 0.912 bits per heavy atom. The third-order valence-corrected chi connectivity index (χ3v) is 8.09. The van der Waals surface area contributed by atoms with Crippen LogP contribution in [0.4, 0.5) is 0 Å². The predicted molar refractivity (Wildman–Crippen MR) is 128 cm³/mol. The summed E-state index contributed by atoms with van der Waals surface area (Å²) in [5.41, 5.74) is 6.78. The van der Waals surface area contributed by atoms with E-state index in [9.17, 15) is 4.79 Å². The van der Waals surface area contributed by atoms with Gasteiger partial charge in [0.25, 0.3) is 5.91 Å². The van der Waals surface area contributed by atoms with E-state index in [1.165, 1.54) is 44.1 Å². The Morgan fingerprint density at radius 2 is 1.79 bits per heavy atom. The molecule has 1 aliphatic heterocycles. The molecule has 0 radical (unpaired) electrons. The maximum atomic E-state index is 13.1. The van der Waals surface area contributed by atoms with Crippen molar-refractivity contribution in [3.05, 3.63) is 52.9 Å². The van der Waals surface area contributed by atoms with E-state index in [2.05, 4.69) is 11.1 Å². The molecule has 0 bridgehead atoms. The van der Waals surface area contributed by atoms with Gasteiger partial charge < -0.3 is 9.32 Å². The standard InChI is InChI=1S/C28H30N4O2/c33-28-21-12-20(13-29-24(21)16-32(28)15-18-8-9-18)27-22(11-19-6-3-7-23(19)31-27)25-14-30-26(34-25)10-17-4-1-2-5-17/h11-14,17-18H,1-10,15-16H2. The van der Waals surface area contributed by atoms with Crippen molar-refractivity contribution in [2.24, 2.45) is 11.8 Å². The van der Waals surface area contributed by atoms with Crippen molar-refractivity contribution in [2.75, 3.05) is 6.54 Å². The van der Waals surface area contributed by atoms with Gasteiger partial charge in [-0.25, -0.2) is 4.98 Å². The number of hydrogen-bond donors (Lipinski definition) is 0. The Labute approximate surface area is 199 Å². The molecular weight excluding hydrogens is 424 g/mol. The van der Waals surface area contributed by atoms with E-state index in [0.717, 1.165) is 77.7 Å². The molecule has 0 atom stereocenters. The molecule has 1 amide bonds. The Kier molecular flexibility index (Phi) is 4.81. The molecule has 0 N–H and O–H groups in total. The molecule has 0 saturated heterocycles. The second kappa shape index (κ2) is 8.03. The summed E-state index contributed by atoms with van der Waals surface area (Å²) in [4.78, 5) is 29.5. The predicted octanol–water partition coefficient (Wildman–Crippen LogP) is 5.39. The lowest BCUT2D eigenvalue weighted by Gasteiger charge is -2.13. The summed E-state index contributed by atoms with van der Waals surface area (Å²) in [7, 11) is 0. The highest BCUT2D eigenvalue weighted by atomic mass is 16.4. The van der Waals surface area contributed by atoms with Crippen LogP contribution in [0, 0.1) is 11.8 Å². The van der Waals surface area contributed by atoms with E-state index < -0.39 is 0 Å². The van der Waals surface area contributed by atoms with E-state index in [1.807, 2.05) is 23.4 Å². The molecule has 3 aromatic heterocycles. The highest BCUT2D eigenvalue weighted by Crippen LogP contribution is 2.38. The lowest BCUT2D eigenvalue weighted by Crippen LogP contribution is -2.26. The number of aromatic nitrogens is 3. The van der Waals surface area contributed by atoms with Crippen LogP contribution in [-0.2, 0) is 25.8 Å². The quantitative estimate of drug-likeness (QED) is 0.500. The van der Waals surface area contributed by atoms with Gasteiger partial charge in [-0.2, -0.15) is 0 Å². The number of hydrogen-bond acceptors (Lipinski definition) is 5. The van der Waals surface area contributed by atoms with Gasteiger partial charge in [0.05, 0.1) is 29.7 Å². The molecule has 6 nitrogen and oxygen atoms in total. The number of carbonyl (C=O) groups is 1. The summed E-state index contributed by atoms with van der Waals surface area (Å²) in [6.45, 7) is 1.48. The van der Waals surface area contributed by atoms with Crippen molar-refractivity contribution in [3.8, 4) is 22.6 Å². The fourth-order valence-electron chi connectivity index (χ4n) is 5.99. The van der Waals surface area contributed by atoms with Crippen molar-refractivity contribution >= 4 is 5.91 Å². The molecule has 0 aromatic carbocycles. The van der Waals surface area contributed by atoms with Crippen LogP contribution in [0.1, 0.15) is 78.1 Å². The monoisotopic (exact) mass is 454 g/mol. The van der Waals surface area contributed by atoms with Crippen LogP contribution in [0.2, 0.25) is 0 Å². The lowest BCUT2D eigenvalue weighted by atomic mass is 10.0. The molecule has 174 valence electrons. The van der Waals surface area contributed by atoms with Gasteiger partial charge >= 0.3 is 0 Å². The summed E-state index contributed by atoms with van der Waals surface area (Å²) in [5, 5.41) is 0. The number of nitrogens with zero attached hydrogens (tertiary/aromatic N) is 4. The maximum Gasteiger partial charge on any atom is 0.256 e. The molecule has 7 rings (SSSR count). The van der Waals surface area contributed by atoms with E-state index in [1.54, 1.807) is 0 Å². The topological polar surface area (TPSA) is 72.1 Å². The number of pyridine rings is 2. The number of aryl methyl sites for hydroxylation is 2. The summed E-state index contributed by atoms with van der Waals surface area (Å²) < 4.78 is 6.29. The van der Waals surface area contributed by atoms with Gasteiger partial charge in [0.1, 0.15) is 0 Å². The van der Waals surface area contributed by atoms with Crippen molar-refractivity contribution in [3.63, 3.8) is 0 Å². The molecule has 0 unspecified atom stereocenters. The molecule has 3 aromatic rings. The first-order valence-electron chi connectivity index (χ1n) is 13.0. The minimum Gasteiger partial charge on any atom is -0.441 e. The van der Waals surface area contributed by atoms with Gasteiger partial charge in [-0.15, -0.1) is 0 Å². The van der Waals surface area contributed by atoms with Crippen molar-refractivity contribution in [1.29, 1.82) is 0 Å². The van der Waals surface area contributed by atoms with Gasteiger partial charge in [0.2, 0.25) is 0 Å². The normalized spacial score (nSPS) is 19.8. The Hall–Kier alpha value is -3.02. The first-order valence-corrected chi connectivity index (χ1v) is 13.0. The number of fused-ring (bicyclic) bond motifs is 2. The van der Waals surface area contributed by atoms with E-state index in [4.69, 9.17) is 14.4 Å². The van der Waals surface area contributed by atoms with Crippen LogP contribution in [0.3, 0.4) is 0 Å². The van der Waals surface area contributed by atoms with Gasteiger partial charge in [-0.05, 0) is 74.5 Å². The van der Waals surface area contributed by atoms with Crippen LogP contribution in [0.5, 0.6) is 0 Å². The van der Waals surface area contributed by atoms with Gasteiger partial charge in [-0.3, -0.25) is 14.8 Å². The fourth-order valence-corrected chi connectivity index (χ4v) is 5.99. The minimum absolute atomic E-state index is 0.109.